The number of ether oxygens (including phenoxy) is 1. The van der Waals surface area contributed by atoms with Crippen molar-refractivity contribution >= 4 is 64.0 Å². The van der Waals surface area contributed by atoms with Gasteiger partial charge < -0.3 is 15.4 Å². The average molecular weight is 538 g/mol. The molecule has 2 N–H and O–H groups in total. The van der Waals surface area contributed by atoms with Crippen molar-refractivity contribution in [3.8, 4) is 0 Å². The van der Waals surface area contributed by atoms with Gasteiger partial charge in [0.2, 0.25) is 0 Å². The predicted molar refractivity (Wildman–Crippen MR) is 142 cm³/mol. The topological polar surface area (TPSA) is 105 Å². The summed E-state index contributed by atoms with van der Waals surface area (Å²) < 4.78 is 4.98. The van der Waals surface area contributed by atoms with E-state index >= 15 is 0 Å². The van der Waals surface area contributed by atoms with Gasteiger partial charge >= 0.3 is 5.97 Å². The number of benzene rings is 3. The molecule has 3 aromatic rings. The number of aryl methyl sites for hydroxylation is 1. The molecule has 0 aliphatic carbocycles. The molecule has 0 unspecified atom stereocenters. The van der Waals surface area contributed by atoms with Crippen LogP contribution in [0.4, 0.5) is 17.1 Å². The predicted octanol–water partition coefficient (Wildman–Crippen LogP) is 5.51. The number of carbonyl (C=O) groups excluding carboxylic acids is 4. The Morgan fingerprint density at radius 3 is 2.32 bits per heavy atom. The maximum absolute atomic E-state index is 13.1. The molecule has 0 aromatic heterocycles. The van der Waals surface area contributed by atoms with Gasteiger partial charge in [0.1, 0.15) is 10.7 Å². The molecule has 0 fully saturated rings. The van der Waals surface area contributed by atoms with Gasteiger partial charge in [-0.2, -0.15) is 0 Å². The van der Waals surface area contributed by atoms with E-state index in [9.17, 15) is 19.2 Å². The highest BCUT2D eigenvalue weighted by Crippen LogP contribution is 2.31. The Bertz CT molecular complexity index is 1450. The molecular weight excluding hydrogens is 517 g/mol. The maximum Gasteiger partial charge on any atom is 0.338 e. The van der Waals surface area contributed by atoms with Crippen molar-refractivity contribution in [1.82, 2.24) is 0 Å². The molecule has 0 saturated heterocycles. The summed E-state index contributed by atoms with van der Waals surface area (Å²) in [5, 5.41) is 5.95. The van der Waals surface area contributed by atoms with Crippen LogP contribution in [0.15, 0.2) is 77.5 Å². The zero-order valence-electron chi connectivity index (χ0n) is 19.8. The van der Waals surface area contributed by atoms with Crippen LogP contribution in [-0.4, -0.2) is 30.3 Å². The minimum Gasteiger partial charge on any atom is -0.462 e. The molecule has 0 bridgehead atoms. The van der Waals surface area contributed by atoms with Crippen molar-refractivity contribution in [3.05, 3.63) is 99.2 Å². The number of imide groups is 1. The molecule has 1 heterocycles. The summed E-state index contributed by atoms with van der Waals surface area (Å²) in [5.41, 5.74) is 2.53. The van der Waals surface area contributed by atoms with Crippen molar-refractivity contribution in [3.63, 3.8) is 0 Å². The highest BCUT2D eigenvalue weighted by Gasteiger charge is 2.39. The van der Waals surface area contributed by atoms with E-state index in [1.807, 2.05) is 6.92 Å². The van der Waals surface area contributed by atoms with Gasteiger partial charge in [0.05, 0.1) is 17.9 Å². The van der Waals surface area contributed by atoms with Crippen molar-refractivity contribution < 1.29 is 23.9 Å². The van der Waals surface area contributed by atoms with E-state index in [0.29, 0.717) is 22.0 Å². The molecule has 0 spiro atoms. The lowest BCUT2D eigenvalue weighted by molar-refractivity contribution is -0.120. The van der Waals surface area contributed by atoms with Gasteiger partial charge in [0, 0.05) is 22.0 Å². The summed E-state index contributed by atoms with van der Waals surface area (Å²) in [6, 6.07) is 17.4. The summed E-state index contributed by atoms with van der Waals surface area (Å²) in [4.78, 5) is 51.4. The third kappa shape index (κ3) is 5.50. The molecule has 1 aliphatic rings. The molecule has 0 radical (unpaired) electrons. The minimum atomic E-state index is -0.732. The highest BCUT2D eigenvalue weighted by atomic mass is 35.5. The largest absolute Gasteiger partial charge is 0.462 e. The third-order valence-electron chi connectivity index (χ3n) is 5.50. The molecular formula is C27H21Cl2N3O5. The fourth-order valence-corrected chi connectivity index (χ4v) is 4.08. The second-order valence-corrected chi connectivity index (χ2v) is 8.84. The summed E-state index contributed by atoms with van der Waals surface area (Å²) >= 11 is 12.2. The van der Waals surface area contributed by atoms with E-state index in [2.05, 4.69) is 10.6 Å². The number of hydrogen-bond acceptors (Lipinski definition) is 6. The van der Waals surface area contributed by atoms with E-state index in [4.69, 9.17) is 27.9 Å². The number of hydrogen-bond donors (Lipinski definition) is 2. The standard InChI is InChI=1S/C27H21Cl2N3O5/c1-3-37-27(36)17-5-4-6-20(14-17)32-25(34)22(29)23(26(32)35)30-19-10-7-16(8-11-19)24(33)31-21-12-9-18(28)13-15(21)2/h4-14,30H,3H2,1-2H3,(H,31,33). The highest BCUT2D eigenvalue weighted by molar-refractivity contribution is 6.53. The van der Waals surface area contributed by atoms with Crippen LogP contribution in [0, 0.1) is 6.92 Å². The number of esters is 1. The SMILES string of the molecule is CCOC(=O)c1cccc(N2C(=O)C(Cl)=C(Nc3ccc(C(=O)Nc4ccc(Cl)cc4C)cc3)C2=O)c1. The van der Waals surface area contributed by atoms with Crippen LogP contribution >= 0.6 is 23.2 Å². The van der Waals surface area contributed by atoms with Gasteiger partial charge in [-0.15, -0.1) is 0 Å². The van der Waals surface area contributed by atoms with Gasteiger partial charge in [-0.1, -0.05) is 29.3 Å². The quantitative estimate of drug-likeness (QED) is 0.304. The van der Waals surface area contributed by atoms with Crippen LogP contribution in [0.25, 0.3) is 0 Å². The Hall–Kier alpha value is -4.14. The molecule has 10 heteroatoms. The van der Waals surface area contributed by atoms with E-state index in [0.717, 1.165) is 10.5 Å². The summed E-state index contributed by atoms with van der Waals surface area (Å²) in [6.45, 7) is 3.70. The Morgan fingerprint density at radius 2 is 1.65 bits per heavy atom. The van der Waals surface area contributed by atoms with Gasteiger partial charge in [0.15, 0.2) is 0 Å². The number of carbonyl (C=O) groups is 4. The lowest BCUT2D eigenvalue weighted by atomic mass is 10.1. The van der Waals surface area contributed by atoms with Crippen molar-refractivity contribution in [2.45, 2.75) is 13.8 Å². The van der Waals surface area contributed by atoms with Crippen molar-refractivity contribution in [2.24, 2.45) is 0 Å². The Labute approximate surface area is 222 Å². The Balaban J connectivity index is 1.48. The molecule has 3 amide bonds. The number of nitrogens with zero attached hydrogens (tertiary/aromatic N) is 1. The van der Waals surface area contributed by atoms with E-state index in [-0.39, 0.29) is 34.5 Å². The monoisotopic (exact) mass is 537 g/mol. The number of anilines is 3. The van der Waals surface area contributed by atoms with Crippen LogP contribution < -0.4 is 15.5 Å². The lowest BCUT2D eigenvalue weighted by Gasteiger charge is -2.16. The molecule has 188 valence electrons. The van der Waals surface area contributed by atoms with Gasteiger partial charge in [-0.25, -0.2) is 9.69 Å². The van der Waals surface area contributed by atoms with E-state index in [1.54, 1.807) is 49.4 Å². The fraction of sp³-hybridized carbons (Fsp3) is 0.111. The first-order chi connectivity index (χ1) is 17.7. The zero-order chi connectivity index (χ0) is 26.7. The van der Waals surface area contributed by atoms with E-state index in [1.165, 1.54) is 24.3 Å². The maximum atomic E-state index is 13.1. The smallest absolute Gasteiger partial charge is 0.338 e. The number of amides is 3. The number of nitrogens with one attached hydrogen (secondary N) is 2. The molecule has 8 nitrogen and oxygen atoms in total. The first kappa shape index (κ1) is 25.9. The van der Waals surface area contributed by atoms with Gasteiger partial charge in [-0.05, 0) is 80.1 Å². The van der Waals surface area contributed by atoms with Gasteiger partial charge in [0.25, 0.3) is 17.7 Å². The van der Waals surface area contributed by atoms with Crippen molar-refractivity contribution in [2.75, 3.05) is 22.1 Å². The molecule has 4 rings (SSSR count). The van der Waals surface area contributed by atoms with Crippen LogP contribution in [-0.2, 0) is 14.3 Å². The van der Waals surface area contributed by atoms with Crippen LogP contribution in [0.5, 0.6) is 0 Å². The van der Waals surface area contributed by atoms with Crippen LogP contribution in [0.1, 0.15) is 33.2 Å². The summed E-state index contributed by atoms with van der Waals surface area (Å²) in [6.07, 6.45) is 0. The second-order valence-electron chi connectivity index (χ2n) is 8.02. The fourth-order valence-electron chi connectivity index (χ4n) is 3.64. The molecule has 37 heavy (non-hydrogen) atoms. The minimum absolute atomic E-state index is 0.123. The normalized spacial score (nSPS) is 13.1. The second kappa shape index (κ2) is 10.9. The summed E-state index contributed by atoms with van der Waals surface area (Å²) in [7, 11) is 0. The number of halogens is 2. The molecule has 0 saturated carbocycles. The summed E-state index contributed by atoms with van der Waals surface area (Å²) in [5.74, 6) is -2.31. The lowest BCUT2D eigenvalue weighted by Crippen LogP contribution is -2.32. The first-order valence-electron chi connectivity index (χ1n) is 11.2. The molecule has 0 atom stereocenters. The first-order valence-corrected chi connectivity index (χ1v) is 12.0. The molecule has 1 aliphatic heterocycles. The molecule has 3 aromatic carbocycles. The van der Waals surface area contributed by atoms with Crippen LogP contribution in [0.3, 0.4) is 0 Å². The van der Waals surface area contributed by atoms with Crippen molar-refractivity contribution in [1.29, 1.82) is 0 Å². The average Bonchev–Trinajstić information content (AvgIpc) is 3.09. The Morgan fingerprint density at radius 1 is 0.919 bits per heavy atom. The van der Waals surface area contributed by atoms with Crippen LogP contribution in [0.2, 0.25) is 5.02 Å². The third-order valence-corrected chi connectivity index (χ3v) is 6.08. The van der Waals surface area contributed by atoms with E-state index < -0.39 is 17.8 Å². The zero-order valence-corrected chi connectivity index (χ0v) is 21.3. The Kier molecular flexibility index (Phi) is 7.61. The van der Waals surface area contributed by atoms with Gasteiger partial charge in [-0.3, -0.25) is 14.4 Å². The number of rotatable bonds is 7.